The van der Waals surface area contributed by atoms with Crippen molar-refractivity contribution < 1.29 is 79.2 Å². The second-order valence-corrected chi connectivity index (χ2v) is 9.84. The Morgan fingerprint density at radius 1 is 0.837 bits per heavy atom. The van der Waals surface area contributed by atoms with E-state index in [1.54, 1.807) is 0 Å². The van der Waals surface area contributed by atoms with Crippen molar-refractivity contribution in [2.75, 3.05) is 6.61 Å². The first-order valence-corrected chi connectivity index (χ1v) is 12.6. The molecule has 2 saturated heterocycles. The van der Waals surface area contributed by atoms with Crippen molar-refractivity contribution in [2.24, 2.45) is 0 Å². The van der Waals surface area contributed by atoms with Crippen molar-refractivity contribution in [1.82, 2.24) is 0 Å². The van der Waals surface area contributed by atoms with Gasteiger partial charge in [0.05, 0.1) is 6.61 Å². The summed E-state index contributed by atoms with van der Waals surface area (Å²) in [7, 11) is 0. The first-order valence-electron chi connectivity index (χ1n) is 12.6. The molecule has 9 unspecified atom stereocenters. The number of phenols is 4. The van der Waals surface area contributed by atoms with Crippen molar-refractivity contribution in [1.29, 1.82) is 0 Å². The van der Waals surface area contributed by atoms with Gasteiger partial charge in [-0.1, -0.05) is 0 Å². The Morgan fingerprint density at radius 2 is 1.56 bits per heavy atom. The molecule has 10 N–H and O–H groups in total. The number of ether oxygens (including phenoxy) is 4. The lowest BCUT2D eigenvalue weighted by Crippen LogP contribution is -2.64. The minimum Gasteiger partial charge on any atom is -0.508 e. The standard InChI is InChI=1S/C26H26O17/c27-8-4-11(30)14-13(5-8)40-20(7-1-2-9(28)10(29)3-7)21(16(14)33)41-26-23(18(35)17(34)22(42-26)24(37)38)43-25-19(36)15(32)12(31)6-39-25/h1-5,12,15,17-19,22-23,25-32,34-36H,6H2,(H,37,38). The number of carboxylic acids is 1. The molecule has 43 heavy (non-hydrogen) atoms. The highest BCUT2D eigenvalue weighted by Gasteiger charge is 2.52. The fourth-order valence-electron chi connectivity index (χ4n) is 4.68. The van der Waals surface area contributed by atoms with E-state index in [9.17, 15) is 60.7 Å². The van der Waals surface area contributed by atoms with Gasteiger partial charge in [-0.15, -0.1) is 0 Å². The van der Waals surface area contributed by atoms with Crippen LogP contribution in [0.15, 0.2) is 39.5 Å². The number of aliphatic hydroxyl groups is 5. The number of aromatic hydroxyl groups is 4. The van der Waals surface area contributed by atoms with Gasteiger partial charge in [0.15, 0.2) is 35.8 Å². The van der Waals surface area contributed by atoms with Crippen LogP contribution in [0, 0.1) is 0 Å². The molecule has 0 aliphatic carbocycles. The van der Waals surface area contributed by atoms with Crippen LogP contribution in [0.5, 0.6) is 28.7 Å². The molecule has 0 bridgehead atoms. The molecule has 17 heteroatoms. The molecule has 5 rings (SSSR count). The number of benzene rings is 2. The molecule has 0 radical (unpaired) electrons. The van der Waals surface area contributed by atoms with Crippen LogP contribution in [-0.4, -0.2) is 119 Å². The molecule has 0 saturated carbocycles. The van der Waals surface area contributed by atoms with E-state index >= 15 is 0 Å². The molecule has 1 aromatic heterocycles. The van der Waals surface area contributed by atoms with E-state index < -0.39 is 113 Å². The summed E-state index contributed by atoms with van der Waals surface area (Å²) in [6.45, 7) is -0.534. The minimum atomic E-state index is -2.15. The molecule has 2 aliphatic heterocycles. The molecule has 2 aliphatic rings. The number of aliphatic hydroxyl groups excluding tert-OH is 5. The first kappa shape index (κ1) is 30.3. The van der Waals surface area contributed by atoms with Gasteiger partial charge in [0.2, 0.25) is 17.5 Å². The highest BCUT2D eigenvalue weighted by molar-refractivity contribution is 5.88. The molecule has 0 amide bonds. The van der Waals surface area contributed by atoms with Crippen molar-refractivity contribution in [3.8, 4) is 40.1 Å². The van der Waals surface area contributed by atoms with E-state index in [1.165, 1.54) is 6.07 Å². The van der Waals surface area contributed by atoms with E-state index in [1.807, 2.05) is 0 Å². The Bertz CT molecular complexity index is 1590. The second-order valence-electron chi connectivity index (χ2n) is 9.84. The maximum atomic E-state index is 13.7. The quantitative estimate of drug-likeness (QED) is 0.135. The van der Waals surface area contributed by atoms with Gasteiger partial charge in [-0.05, 0) is 18.2 Å². The molecule has 2 fully saturated rings. The summed E-state index contributed by atoms with van der Waals surface area (Å²) in [6, 6.07) is 4.98. The summed E-state index contributed by atoms with van der Waals surface area (Å²) in [5.74, 6) is -5.53. The average Bonchev–Trinajstić information content (AvgIpc) is 2.94. The van der Waals surface area contributed by atoms with Crippen LogP contribution in [0.2, 0.25) is 0 Å². The number of hydrogen-bond acceptors (Lipinski definition) is 16. The molecule has 232 valence electrons. The summed E-state index contributed by atoms with van der Waals surface area (Å²) < 4.78 is 27.5. The van der Waals surface area contributed by atoms with E-state index in [0.717, 1.165) is 24.3 Å². The second kappa shape index (κ2) is 11.5. The van der Waals surface area contributed by atoms with Gasteiger partial charge in [-0.25, -0.2) is 4.79 Å². The normalized spacial score (nSPS) is 31.1. The number of carbonyl (C=O) groups is 1. The average molecular weight is 610 g/mol. The highest BCUT2D eigenvalue weighted by atomic mass is 16.8. The van der Waals surface area contributed by atoms with Crippen LogP contribution in [0.3, 0.4) is 0 Å². The van der Waals surface area contributed by atoms with Gasteiger partial charge in [0, 0.05) is 17.7 Å². The van der Waals surface area contributed by atoms with Gasteiger partial charge in [0.25, 0.3) is 0 Å². The predicted molar refractivity (Wildman–Crippen MR) is 136 cm³/mol. The molecule has 3 aromatic rings. The lowest BCUT2D eigenvalue weighted by atomic mass is 9.98. The smallest absolute Gasteiger partial charge is 0.335 e. The Labute approximate surface area is 239 Å². The molecule has 17 nitrogen and oxygen atoms in total. The van der Waals surface area contributed by atoms with Crippen molar-refractivity contribution >= 4 is 16.9 Å². The van der Waals surface area contributed by atoms with Crippen LogP contribution >= 0.6 is 0 Å². The van der Waals surface area contributed by atoms with Crippen LogP contribution in [0.1, 0.15) is 0 Å². The van der Waals surface area contributed by atoms with E-state index in [0.29, 0.717) is 0 Å². The molecular formula is C26H26O17. The van der Waals surface area contributed by atoms with Crippen LogP contribution in [0.25, 0.3) is 22.3 Å². The SMILES string of the molecule is O=C(O)C1OC(Oc2c(-c3ccc(O)c(O)c3)oc3cc(O)cc(O)c3c2=O)C(OC2OCC(O)C(O)C2O)C(O)C1O. The molecular weight excluding hydrogens is 584 g/mol. The lowest BCUT2D eigenvalue weighted by molar-refractivity contribution is -0.341. The summed E-state index contributed by atoms with van der Waals surface area (Å²) in [6.07, 6.45) is -17.5. The topological polar surface area (TPSA) is 286 Å². The van der Waals surface area contributed by atoms with Crippen LogP contribution in [0.4, 0.5) is 0 Å². The van der Waals surface area contributed by atoms with Crippen LogP contribution in [-0.2, 0) is 19.0 Å². The Balaban J connectivity index is 1.63. The summed E-state index contributed by atoms with van der Waals surface area (Å²) in [5, 5.41) is 101. The first-order chi connectivity index (χ1) is 20.3. The zero-order valence-corrected chi connectivity index (χ0v) is 21.6. The Hall–Kier alpha value is -4.20. The van der Waals surface area contributed by atoms with Crippen molar-refractivity contribution in [3.05, 3.63) is 40.6 Å². The van der Waals surface area contributed by atoms with Gasteiger partial charge in [-0.3, -0.25) is 4.79 Å². The zero-order chi connectivity index (χ0) is 31.3. The van der Waals surface area contributed by atoms with E-state index in [-0.39, 0.29) is 11.1 Å². The summed E-state index contributed by atoms with van der Waals surface area (Å²) >= 11 is 0. The maximum absolute atomic E-state index is 13.7. The molecule has 0 spiro atoms. The van der Waals surface area contributed by atoms with Crippen molar-refractivity contribution in [3.63, 3.8) is 0 Å². The Kier molecular flexibility index (Phi) is 8.07. The molecule has 3 heterocycles. The minimum absolute atomic E-state index is 0.112. The third-order valence-corrected chi connectivity index (χ3v) is 6.92. The lowest BCUT2D eigenvalue weighted by Gasteiger charge is -2.43. The van der Waals surface area contributed by atoms with E-state index in [2.05, 4.69) is 0 Å². The largest absolute Gasteiger partial charge is 0.508 e. The number of fused-ring (bicyclic) bond motifs is 1. The fourth-order valence-corrected chi connectivity index (χ4v) is 4.68. The third-order valence-electron chi connectivity index (χ3n) is 6.92. The number of aliphatic carboxylic acids is 1. The number of rotatable bonds is 6. The van der Waals surface area contributed by atoms with Gasteiger partial charge in [0.1, 0.15) is 53.0 Å². The third kappa shape index (κ3) is 5.51. The Morgan fingerprint density at radius 3 is 2.23 bits per heavy atom. The van der Waals surface area contributed by atoms with Gasteiger partial charge in [-0.2, -0.15) is 0 Å². The fraction of sp³-hybridized carbons (Fsp3) is 0.385. The number of phenolic OH excluding ortho intramolecular Hbond substituents is 4. The van der Waals surface area contributed by atoms with Crippen molar-refractivity contribution in [2.45, 2.75) is 55.3 Å². The number of carboxylic acid groups (broad SMARTS) is 1. The van der Waals surface area contributed by atoms with Crippen LogP contribution < -0.4 is 10.2 Å². The van der Waals surface area contributed by atoms with Gasteiger partial charge < -0.3 is 74.4 Å². The van der Waals surface area contributed by atoms with E-state index in [4.69, 9.17) is 23.4 Å². The zero-order valence-electron chi connectivity index (χ0n) is 21.6. The van der Waals surface area contributed by atoms with Gasteiger partial charge >= 0.3 is 5.97 Å². The molecule has 2 aromatic carbocycles. The molecule has 9 atom stereocenters. The number of hydrogen-bond donors (Lipinski definition) is 10. The monoisotopic (exact) mass is 610 g/mol. The predicted octanol–water partition coefficient (Wildman–Crippen LogP) is -1.98. The maximum Gasteiger partial charge on any atom is 0.335 e. The highest BCUT2D eigenvalue weighted by Crippen LogP contribution is 2.40. The summed E-state index contributed by atoms with van der Waals surface area (Å²) in [4.78, 5) is 25.5. The summed E-state index contributed by atoms with van der Waals surface area (Å²) in [5.41, 5.74) is -1.59.